The minimum atomic E-state index is -0.786. The highest BCUT2D eigenvalue weighted by molar-refractivity contribution is 5.66. The van der Waals surface area contributed by atoms with E-state index in [0.29, 0.717) is 12.8 Å². The summed E-state index contributed by atoms with van der Waals surface area (Å²) in [4.78, 5) is 10.1. The van der Waals surface area contributed by atoms with E-state index in [9.17, 15) is 9.90 Å². The van der Waals surface area contributed by atoms with E-state index in [4.69, 9.17) is 5.11 Å². The van der Waals surface area contributed by atoms with Crippen LogP contribution in [0.15, 0.2) is 0 Å². The van der Waals surface area contributed by atoms with Gasteiger partial charge >= 0.3 is 5.97 Å². The van der Waals surface area contributed by atoms with Crippen LogP contribution in [-0.4, -0.2) is 22.3 Å². The predicted molar refractivity (Wildman–Crippen MR) is 46.9 cm³/mol. The number of aliphatic carboxylic acids is 1. The number of rotatable bonds is 6. The summed E-state index contributed by atoms with van der Waals surface area (Å²) >= 11 is 0. The average Bonchev–Trinajstić information content (AvgIpc) is 2.02. The Morgan fingerprint density at radius 1 is 1.50 bits per heavy atom. The molecule has 0 rings (SSSR count). The van der Waals surface area contributed by atoms with E-state index in [2.05, 4.69) is 0 Å². The van der Waals surface area contributed by atoms with Crippen LogP contribution in [0.1, 0.15) is 39.5 Å². The maximum atomic E-state index is 10.1. The second-order valence-electron chi connectivity index (χ2n) is 3.24. The van der Waals surface area contributed by atoms with Crippen molar-refractivity contribution in [3.63, 3.8) is 0 Å². The molecule has 3 nitrogen and oxygen atoms in total. The number of carboxylic acids is 1. The number of aliphatic hydroxyl groups excluding tert-OH is 1. The van der Waals surface area contributed by atoms with Gasteiger partial charge in [0.1, 0.15) is 0 Å². The Morgan fingerprint density at radius 3 is 2.50 bits per heavy atom. The molecule has 0 bridgehead atoms. The molecular weight excluding hydrogens is 156 g/mol. The molecule has 0 spiro atoms. The van der Waals surface area contributed by atoms with Crippen LogP contribution in [0.4, 0.5) is 0 Å². The van der Waals surface area contributed by atoms with Crippen molar-refractivity contribution in [3.05, 3.63) is 0 Å². The van der Waals surface area contributed by atoms with Gasteiger partial charge in [0.2, 0.25) is 0 Å². The van der Waals surface area contributed by atoms with Crippen molar-refractivity contribution in [3.8, 4) is 0 Å². The fraction of sp³-hybridized carbons (Fsp3) is 0.889. The fourth-order valence-electron chi connectivity index (χ4n) is 1.02. The van der Waals surface area contributed by atoms with Crippen LogP contribution in [0.25, 0.3) is 0 Å². The molecule has 0 saturated heterocycles. The molecule has 0 heterocycles. The van der Waals surface area contributed by atoms with E-state index in [-0.39, 0.29) is 18.4 Å². The molecule has 12 heavy (non-hydrogen) atoms. The fourth-order valence-corrected chi connectivity index (χ4v) is 1.02. The lowest BCUT2D eigenvalue weighted by molar-refractivity contribution is -0.137. The van der Waals surface area contributed by atoms with Crippen molar-refractivity contribution >= 4 is 5.97 Å². The number of hydrogen-bond donors (Lipinski definition) is 2. The molecule has 0 aliphatic carbocycles. The van der Waals surface area contributed by atoms with Crippen molar-refractivity contribution in [2.24, 2.45) is 5.92 Å². The lowest BCUT2D eigenvalue weighted by Crippen LogP contribution is -2.16. The lowest BCUT2D eigenvalue weighted by Gasteiger charge is -2.15. The molecule has 0 aliphatic rings. The molecular formula is C9H18O3. The molecule has 2 atom stereocenters. The molecule has 0 amide bonds. The molecule has 0 aromatic rings. The van der Waals surface area contributed by atoms with Crippen molar-refractivity contribution in [2.45, 2.75) is 45.6 Å². The zero-order valence-corrected chi connectivity index (χ0v) is 7.79. The molecule has 0 radical (unpaired) electrons. The summed E-state index contributed by atoms with van der Waals surface area (Å²) < 4.78 is 0. The van der Waals surface area contributed by atoms with E-state index in [1.54, 1.807) is 0 Å². The average molecular weight is 174 g/mol. The van der Waals surface area contributed by atoms with E-state index in [1.165, 1.54) is 0 Å². The van der Waals surface area contributed by atoms with Crippen LogP contribution >= 0.6 is 0 Å². The highest BCUT2D eigenvalue weighted by Crippen LogP contribution is 2.13. The van der Waals surface area contributed by atoms with Gasteiger partial charge in [-0.05, 0) is 18.8 Å². The SMILES string of the molecule is CCC(C)C(O)CCCC(=O)O. The Labute approximate surface area is 73.4 Å². The summed E-state index contributed by atoms with van der Waals surface area (Å²) in [6.45, 7) is 4.00. The van der Waals surface area contributed by atoms with Gasteiger partial charge in [-0.1, -0.05) is 20.3 Å². The Hall–Kier alpha value is -0.570. The van der Waals surface area contributed by atoms with Crippen molar-refractivity contribution in [1.29, 1.82) is 0 Å². The smallest absolute Gasteiger partial charge is 0.303 e. The predicted octanol–water partition coefficient (Wildman–Crippen LogP) is 1.65. The number of hydrogen-bond acceptors (Lipinski definition) is 2. The Kier molecular flexibility index (Phi) is 5.72. The standard InChI is InChI=1S/C9H18O3/c1-3-7(2)8(10)5-4-6-9(11)12/h7-8,10H,3-6H2,1-2H3,(H,11,12). The number of carbonyl (C=O) groups is 1. The molecule has 0 saturated carbocycles. The summed E-state index contributed by atoms with van der Waals surface area (Å²) in [6, 6.07) is 0. The van der Waals surface area contributed by atoms with Crippen LogP contribution in [0.5, 0.6) is 0 Å². The summed E-state index contributed by atoms with van der Waals surface area (Å²) in [7, 11) is 0. The topological polar surface area (TPSA) is 57.5 Å². The Bertz CT molecular complexity index is 134. The summed E-state index contributed by atoms with van der Waals surface area (Å²) in [5, 5.41) is 17.8. The lowest BCUT2D eigenvalue weighted by atomic mass is 9.97. The molecule has 0 aromatic heterocycles. The number of carboxylic acid groups (broad SMARTS) is 1. The quantitative estimate of drug-likeness (QED) is 0.643. The van der Waals surface area contributed by atoms with Crippen LogP contribution in [0.3, 0.4) is 0 Å². The van der Waals surface area contributed by atoms with Crippen LogP contribution in [0.2, 0.25) is 0 Å². The van der Waals surface area contributed by atoms with E-state index >= 15 is 0 Å². The first-order chi connectivity index (χ1) is 5.57. The monoisotopic (exact) mass is 174 g/mol. The molecule has 2 N–H and O–H groups in total. The summed E-state index contributed by atoms with van der Waals surface area (Å²) in [6.07, 6.45) is 1.93. The zero-order valence-electron chi connectivity index (χ0n) is 7.79. The van der Waals surface area contributed by atoms with Gasteiger partial charge in [-0.2, -0.15) is 0 Å². The largest absolute Gasteiger partial charge is 0.481 e. The second-order valence-corrected chi connectivity index (χ2v) is 3.24. The van der Waals surface area contributed by atoms with Gasteiger partial charge in [-0.15, -0.1) is 0 Å². The van der Waals surface area contributed by atoms with Crippen LogP contribution < -0.4 is 0 Å². The minimum absolute atomic E-state index is 0.160. The molecule has 3 heteroatoms. The summed E-state index contributed by atoms with van der Waals surface area (Å²) in [5.41, 5.74) is 0. The van der Waals surface area contributed by atoms with Gasteiger partial charge < -0.3 is 10.2 Å². The Balaban J connectivity index is 3.43. The second kappa shape index (κ2) is 6.00. The highest BCUT2D eigenvalue weighted by atomic mass is 16.4. The molecule has 72 valence electrons. The van der Waals surface area contributed by atoms with Crippen molar-refractivity contribution < 1.29 is 15.0 Å². The maximum absolute atomic E-state index is 10.1. The van der Waals surface area contributed by atoms with Gasteiger partial charge in [0.25, 0.3) is 0 Å². The minimum Gasteiger partial charge on any atom is -0.481 e. The third-order valence-corrected chi connectivity index (χ3v) is 2.19. The summed E-state index contributed by atoms with van der Waals surface area (Å²) in [5.74, 6) is -0.509. The normalized spacial score (nSPS) is 15.6. The maximum Gasteiger partial charge on any atom is 0.303 e. The first kappa shape index (κ1) is 11.4. The van der Waals surface area contributed by atoms with Gasteiger partial charge in [0, 0.05) is 6.42 Å². The van der Waals surface area contributed by atoms with E-state index < -0.39 is 5.97 Å². The van der Waals surface area contributed by atoms with Gasteiger partial charge in [0.15, 0.2) is 0 Å². The van der Waals surface area contributed by atoms with Crippen LogP contribution in [-0.2, 0) is 4.79 Å². The number of aliphatic hydroxyl groups is 1. The third-order valence-electron chi connectivity index (χ3n) is 2.19. The Morgan fingerprint density at radius 2 is 2.08 bits per heavy atom. The molecule has 0 aliphatic heterocycles. The van der Waals surface area contributed by atoms with Crippen molar-refractivity contribution in [1.82, 2.24) is 0 Å². The molecule has 0 aromatic carbocycles. The first-order valence-corrected chi connectivity index (χ1v) is 4.47. The van der Waals surface area contributed by atoms with E-state index in [1.807, 2.05) is 13.8 Å². The van der Waals surface area contributed by atoms with Gasteiger partial charge in [-0.3, -0.25) is 4.79 Å². The molecule has 0 fully saturated rings. The first-order valence-electron chi connectivity index (χ1n) is 4.47. The zero-order chi connectivity index (χ0) is 9.56. The third kappa shape index (κ3) is 5.13. The van der Waals surface area contributed by atoms with Crippen LogP contribution in [0, 0.1) is 5.92 Å². The van der Waals surface area contributed by atoms with Gasteiger partial charge in [-0.25, -0.2) is 0 Å². The highest BCUT2D eigenvalue weighted by Gasteiger charge is 2.11. The van der Waals surface area contributed by atoms with E-state index in [0.717, 1.165) is 6.42 Å². The van der Waals surface area contributed by atoms with Gasteiger partial charge in [0.05, 0.1) is 6.10 Å². The molecule has 2 unspecified atom stereocenters. The van der Waals surface area contributed by atoms with Crippen molar-refractivity contribution in [2.75, 3.05) is 0 Å².